The molecule has 15 heavy (non-hydrogen) atoms. The van der Waals surface area contributed by atoms with Crippen molar-refractivity contribution in [1.29, 1.82) is 0 Å². The molecule has 0 rings (SSSR count). The van der Waals surface area contributed by atoms with Crippen LogP contribution in [0.25, 0.3) is 0 Å². The maximum absolute atomic E-state index is 11.4. The number of amides is 1. The lowest BCUT2D eigenvalue weighted by Crippen LogP contribution is -2.46. The van der Waals surface area contributed by atoms with Gasteiger partial charge < -0.3 is 15.4 Å². The van der Waals surface area contributed by atoms with Gasteiger partial charge >= 0.3 is 0 Å². The molecule has 0 aliphatic rings. The van der Waals surface area contributed by atoms with Crippen molar-refractivity contribution >= 4 is 5.91 Å². The predicted octanol–water partition coefficient (Wildman–Crippen LogP) is 0.917. The number of methoxy groups -OCH3 is 1. The van der Waals surface area contributed by atoms with Crippen molar-refractivity contribution in [3.8, 4) is 0 Å². The molecule has 0 aliphatic heterocycles. The molecule has 0 spiro atoms. The number of nitrogens with one attached hydrogen (secondary N) is 2. The molecule has 0 heterocycles. The van der Waals surface area contributed by atoms with E-state index in [1.165, 1.54) is 0 Å². The van der Waals surface area contributed by atoms with E-state index in [-0.39, 0.29) is 11.4 Å². The molecule has 0 unspecified atom stereocenters. The third-order valence-corrected chi connectivity index (χ3v) is 2.35. The summed E-state index contributed by atoms with van der Waals surface area (Å²) in [6, 6.07) is 0. The number of hydrogen-bond donors (Lipinski definition) is 2. The van der Waals surface area contributed by atoms with Gasteiger partial charge in [-0.1, -0.05) is 6.92 Å². The first-order valence-corrected chi connectivity index (χ1v) is 5.52. The van der Waals surface area contributed by atoms with Gasteiger partial charge in [-0.2, -0.15) is 0 Å². The fourth-order valence-corrected chi connectivity index (χ4v) is 1.05. The van der Waals surface area contributed by atoms with E-state index in [1.54, 1.807) is 7.11 Å². The first-order valence-electron chi connectivity index (χ1n) is 5.52. The fraction of sp³-hybridized carbons (Fsp3) is 0.909. The second kappa shape index (κ2) is 7.65. The van der Waals surface area contributed by atoms with Crippen LogP contribution >= 0.6 is 0 Å². The smallest absolute Gasteiger partial charge is 0.234 e. The van der Waals surface area contributed by atoms with Gasteiger partial charge in [0.05, 0.1) is 6.54 Å². The van der Waals surface area contributed by atoms with Gasteiger partial charge in [-0.3, -0.25) is 4.79 Å². The predicted molar refractivity (Wildman–Crippen MR) is 61.9 cm³/mol. The summed E-state index contributed by atoms with van der Waals surface area (Å²) in [7, 11) is 1.68. The molecule has 90 valence electrons. The van der Waals surface area contributed by atoms with E-state index in [0.717, 1.165) is 26.0 Å². The Kier molecular flexibility index (Phi) is 7.34. The minimum Gasteiger partial charge on any atom is -0.385 e. The molecule has 0 aromatic carbocycles. The number of rotatable bonds is 8. The van der Waals surface area contributed by atoms with Crippen molar-refractivity contribution in [1.82, 2.24) is 10.6 Å². The second-order valence-corrected chi connectivity index (χ2v) is 4.31. The topological polar surface area (TPSA) is 50.4 Å². The molecule has 4 nitrogen and oxygen atoms in total. The van der Waals surface area contributed by atoms with E-state index in [9.17, 15) is 4.79 Å². The Balaban J connectivity index is 3.49. The highest BCUT2D eigenvalue weighted by Crippen LogP contribution is 2.05. The Morgan fingerprint density at radius 3 is 2.60 bits per heavy atom. The molecule has 4 heteroatoms. The van der Waals surface area contributed by atoms with Crippen molar-refractivity contribution in [3.63, 3.8) is 0 Å². The molecule has 0 aromatic rings. The summed E-state index contributed by atoms with van der Waals surface area (Å²) < 4.78 is 4.91. The van der Waals surface area contributed by atoms with Crippen molar-refractivity contribution in [2.75, 3.05) is 26.8 Å². The van der Waals surface area contributed by atoms with Crippen LogP contribution in [0, 0.1) is 0 Å². The molecule has 0 fully saturated rings. The van der Waals surface area contributed by atoms with Gasteiger partial charge in [0.1, 0.15) is 0 Å². The van der Waals surface area contributed by atoms with E-state index < -0.39 is 0 Å². The molecular weight excluding hydrogens is 192 g/mol. The van der Waals surface area contributed by atoms with Gasteiger partial charge in [0.15, 0.2) is 0 Å². The summed E-state index contributed by atoms with van der Waals surface area (Å²) >= 11 is 0. The van der Waals surface area contributed by atoms with Crippen LogP contribution in [0.1, 0.15) is 33.6 Å². The lowest BCUT2D eigenvalue weighted by atomic mass is 10.0. The van der Waals surface area contributed by atoms with Crippen LogP contribution in [-0.4, -0.2) is 38.3 Å². The average Bonchev–Trinajstić information content (AvgIpc) is 2.17. The van der Waals surface area contributed by atoms with E-state index in [4.69, 9.17) is 4.74 Å². The molecule has 0 saturated carbocycles. The summed E-state index contributed by atoms with van der Waals surface area (Å²) in [6.45, 7) is 8.04. The zero-order valence-electron chi connectivity index (χ0n) is 10.4. The van der Waals surface area contributed by atoms with Gasteiger partial charge in [0.25, 0.3) is 0 Å². The largest absolute Gasteiger partial charge is 0.385 e. The van der Waals surface area contributed by atoms with Gasteiger partial charge in [-0.25, -0.2) is 0 Å². The zero-order valence-corrected chi connectivity index (χ0v) is 10.4. The highest BCUT2D eigenvalue weighted by molar-refractivity contribution is 5.78. The number of carbonyl (C=O) groups is 1. The van der Waals surface area contributed by atoms with E-state index in [0.29, 0.717) is 6.54 Å². The molecule has 0 aliphatic carbocycles. The van der Waals surface area contributed by atoms with E-state index in [2.05, 4.69) is 17.6 Å². The van der Waals surface area contributed by atoms with Crippen LogP contribution in [-0.2, 0) is 9.53 Å². The van der Waals surface area contributed by atoms with E-state index >= 15 is 0 Å². The molecule has 0 aromatic heterocycles. The maximum Gasteiger partial charge on any atom is 0.234 e. The van der Waals surface area contributed by atoms with Crippen LogP contribution < -0.4 is 10.6 Å². The summed E-state index contributed by atoms with van der Waals surface area (Å²) in [5, 5.41) is 6.04. The van der Waals surface area contributed by atoms with Crippen LogP contribution in [0.2, 0.25) is 0 Å². The molecular formula is C11H24N2O2. The third-order valence-electron chi connectivity index (χ3n) is 2.35. The first kappa shape index (κ1) is 14.4. The van der Waals surface area contributed by atoms with Gasteiger partial charge in [0.2, 0.25) is 5.91 Å². The normalized spacial score (nSPS) is 11.5. The Labute approximate surface area is 92.8 Å². The SMILES string of the molecule is CCC(C)(C)NC(=O)CNCCCOC. The minimum absolute atomic E-state index is 0.0549. The Morgan fingerprint density at radius 1 is 1.40 bits per heavy atom. The van der Waals surface area contributed by atoms with Gasteiger partial charge in [0, 0.05) is 19.3 Å². The molecule has 0 atom stereocenters. The Morgan fingerprint density at radius 2 is 2.07 bits per heavy atom. The standard InChI is InChI=1S/C11H24N2O2/c1-5-11(2,3)13-10(14)9-12-7-6-8-15-4/h12H,5-9H2,1-4H3,(H,13,14). The van der Waals surface area contributed by atoms with Crippen molar-refractivity contribution in [3.05, 3.63) is 0 Å². The van der Waals surface area contributed by atoms with Crippen LogP contribution in [0.5, 0.6) is 0 Å². The number of carbonyl (C=O) groups excluding carboxylic acids is 1. The third kappa shape index (κ3) is 8.39. The summed E-state index contributed by atoms with van der Waals surface area (Å²) in [5.41, 5.74) is -0.106. The minimum atomic E-state index is -0.106. The quantitative estimate of drug-likeness (QED) is 0.593. The molecule has 2 N–H and O–H groups in total. The first-order chi connectivity index (χ1) is 7.02. The van der Waals surface area contributed by atoms with Crippen LogP contribution in [0.15, 0.2) is 0 Å². The van der Waals surface area contributed by atoms with Gasteiger partial charge in [-0.05, 0) is 33.2 Å². The molecule has 0 radical (unpaired) electrons. The monoisotopic (exact) mass is 216 g/mol. The zero-order chi connectivity index (χ0) is 11.7. The van der Waals surface area contributed by atoms with Gasteiger partial charge in [-0.15, -0.1) is 0 Å². The molecule has 0 bridgehead atoms. The second-order valence-electron chi connectivity index (χ2n) is 4.31. The highest BCUT2D eigenvalue weighted by atomic mass is 16.5. The van der Waals surface area contributed by atoms with Crippen molar-refractivity contribution < 1.29 is 9.53 Å². The molecule has 1 amide bonds. The average molecular weight is 216 g/mol. The Bertz CT molecular complexity index is 181. The Hall–Kier alpha value is -0.610. The van der Waals surface area contributed by atoms with E-state index in [1.807, 2.05) is 13.8 Å². The lowest BCUT2D eigenvalue weighted by Gasteiger charge is -2.24. The number of hydrogen-bond acceptors (Lipinski definition) is 3. The van der Waals surface area contributed by atoms with Crippen molar-refractivity contribution in [2.45, 2.75) is 39.2 Å². The molecule has 0 saturated heterocycles. The van der Waals surface area contributed by atoms with Crippen molar-refractivity contribution in [2.24, 2.45) is 0 Å². The lowest BCUT2D eigenvalue weighted by molar-refractivity contribution is -0.121. The summed E-state index contributed by atoms with van der Waals surface area (Å²) in [6.07, 6.45) is 1.86. The maximum atomic E-state index is 11.4. The van der Waals surface area contributed by atoms with Crippen LogP contribution in [0.3, 0.4) is 0 Å². The number of ether oxygens (including phenoxy) is 1. The fourth-order valence-electron chi connectivity index (χ4n) is 1.05. The summed E-state index contributed by atoms with van der Waals surface area (Å²) in [5.74, 6) is 0.0549. The van der Waals surface area contributed by atoms with Crippen LogP contribution in [0.4, 0.5) is 0 Å². The summed E-state index contributed by atoms with van der Waals surface area (Å²) in [4.78, 5) is 11.4. The highest BCUT2D eigenvalue weighted by Gasteiger charge is 2.16.